The van der Waals surface area contributed by atoms with Crippen LogP contribution < -0.4 is 0 Å². The van der Waals surface area contributed by atoms with Gasteiger partial charge in [0.1, 0.15) is 6.10 Å². The Morgan fingerprint density at radius 2 is 2.44 bits per heavy atom. The highest BCUT2D eigenvalue weighted by Gasteiger charge is 2.22. The fraction of sp³-hybridized carbons (Fsp3) is 0.571. The highest BCUT2D eigenvalue weighted by molar-refractivity contribution is 5.39. The van der Waals surface area contributed by atoms with Gasteiger partial charge in [-0.2, -0.15) is 0 Å². The molecule has 1 aliphatic heterocycles. The Balaban J connectivity index is 2.04. The number of hydrogen-bond acceptors (Lipinski definition) is 2. The van der Waals surface area contributed by atoms with E-state index in [1.165, 1.54) is 5.57 Å². The van der Waals surface area contributed by atoms with Crippen LogP contribution in [-0.2, 0) is 4.74 Å². The van der Waals surface area contributed by atoms with Crippen molar-refractivity contribution in [2.75, 3.05) is 13.2 Å². The molecule has 0 bridgehead atoms. The summed E-state index contributed by atoms with van der Waals surface area (Å²) in [5.41, 5.74) is 2.54. The maximum Gasteiger partial charge on any atom is 0.114 e. The second-order valence-corrected chi connectivity index (χ2v) is 4.37. The Hall–Kier alpha value is -1.04. The van der Waals surface area contributed by atoms with Gasteiger partial charge in [0.25, 0.3) is 0 Å². The molecule has 1 saturated heterocycles. The summed E-state index contributed by atoms with van der Waals surface area (Å²) in [6.07, 6.45) is 6.52. The van der Waals surface area contributed by atoms with E-state index in [-0.39, 0.29) is 0 Å². The van der Waals surface area contributed by atoms with E-state index < -0.39 is 6.10 Å². The summed E-state index contributed by atoms with van der Waals surface area (Å²) >= 11 is 0. The highest BCUT2D eigenvalue weighted by atomic mass is 16.5. The smallest absolute Gasteiger partial charge is 0.114 e. The Morgan fingerprint density at radius 1 is 1.56 bits per heavy atom. The van der Waals surface area contributed by atoms with Crippen molar-refractivity contribution in [1.29, 1.82) is 0 Å². The van der Waals surface area contributed by atoms with Gasteiger partial charge in [0.15, 0.2) is 0 Å². The average molecular weight is 218 g/mol. The first-order valence-electron chi connectivity index (χ1n) is 5.96. The van der Waals surface area contributed by atoms with E-state index in [0.717, 1.165) is 31.6 Å². The number of aliphatic hydroxyl groups excluding tert-OH is 1. The molecule has 0 spiro atoms. The van der Waals surface area contributed by atoms with Crippen LogP contribution in [0.25, 0.3) is 0 Å². The summed E-state index contributed by atoms with van der Waals surface area (Å²) in [5, 5.41) is 9.38. The van der Waals surface area contributed by atoms with E-state index in [2.05, 4.69) is 24.0 Å². The van der Waals surface area contributed by atoms with Gasteiger partial charge in [-0.25, -0.2) is 0 Å². The number of aliphatic hydroxyl groups is 1. The van der Waals surface area contributed by atoms with Crippen molar-refractivity contribution in [3.05, 3.63) is 23.3 Å². The van der Waals surface area contributed by atoms with Crippen LogP contribution in [0.2, 0.25) is 0 Å². The first-order chi connectivity index (χ1) is 7.79. The van der Waals surface area contributed by atoms with Crippen molar-refractivity contribution in [3.8, 4) is 11.8 Å². The molecule has 0 radical (unpaired) electrons. The summed E-state index contributed by atoms with van der Waals surface area (Å²) in [5.74, 6) is 6.57. The molecule has 0 amide bonds. The SMILES string of the molecule is CCC(O)C#CC1=CC=C2COCCC2C1. The normalized spacial score (nSPS) is 25.8. The fourth-order valence-electron chi connectivity index (χ4n) is 2.05. The lowest BCUT2D eigenvalue weighted by Gasteiger charge is -2.27. The third kappa shape index (κ3) is 2.75. The van der Waals surface area contributed by atoms with Crippen molar-refractivity contribution in [1.82, 2.24) is 0 Å². The third-order valence-corrected chi connectivity index (χ3v) is 3.15. The van der Waals surface area contributed by atoms with Crippen molar-refractivity contribution in [3.63, 3.8) is 0 Å². The van der Waals surface area contributed by atoms with Crippen LogP contribution in [-0.4, -0.2) is 24.4 Å². The zero-order chi connectivity index (χ0) is 11.4. The van der Waals surface area contributed by atoms with Crippen LogP contribution in [0.3, 0.4) is 0 Å². The van der Waals surface area contributed by atoms with Crippen LogP contribution in [0.15, 0.2) is 23.3 Å². The monoisotopic (exact) mass is 218 g/mol. The predicted octanol–water partition coefficient (Wildman–Crippen LogP) is 2.05. The Morgan fingerprint density at radius 3 is 3.25 bits per heavy atom. The summed E-state index contributed by atoms with van der Waals surface area (Å²) in [6, 6.07) is 0. The summed E-state index contributed by atoms with van der Waals surface area (Å²) < 4.78 is 5.42. The van der Waals surface area contributed by atoms with Gasteiger partial charge in [-0.05, 0) is 30.8 Å². The molecule has 16 heavy (non-hydrogen) atoms. The minimum absolute atomic E-state index is 0.485. The molecule has 1 aliphatic carbocycles. The van der Waals surface area contributed by atoms with Gasteiger partial charge in [0, 0.05) is 12.2 Å². The topological polar surface area (TPSA) is 29.5 Å². The molecule has 2 rings (SSSR count). The molecule has 2 unspecified atom stereocenters. The van der Waals surface area contributed by atoms with Crippen molar-refractivity contribution < 1.29 is 9.84 Å². The highest BCUT2D eigenvalue weighted by Crippen LogP contribution is 2.30. The van der Waals surface area contributed by atoms with Gasteiger partial charge in [0.2, 0.25) is 0 Å². The Labute approximate surface area is 97.0 Å². The van der Waals surface area contributed by atoms with E-state index >= 15 is 0 Å². The van der Waals surface area contributed by atoms with E-state index in [1.54, 1.807) is 0 Å². The van der Waals surface area contributed by atoms with Crippen LogP contribution >= 0.6 is 0 Å². The molecule has 1 N–H and O–H groups in total. The van der Waals surface area contributed by atoms with Crippen molar-refractivity contribution in [2.24, 2.45) is 5.92 Å². The molecule has 2 aliphatic rings. The minimum atomic E-state index is -0.485. The first kappa shape index (κ1) is 11.4. The number of fused-ring (bicyclic) bond motifs is 1. The van der Waals surface area contributed by atoms with Gasteiger partial charge < -0.3 is 9.84 Å². The van der Waals surface area contributed by atoms with Gasteiger partial charge in [-0.1, -0.05) is 30.9 Å². The molecule has 0 aromatic heterocycles. The fourth-order valence-corrected chi connectivity index (χ4v) is 2.05. The summed E-state index contributed by atoms with van der Waals surface area (Å²) in [6.45, 7) is 3.57. The van der Waals surface area contributed by atoms with Crippen LogP contribution in [0.1, 0.15) is 26.2 Å². The number of rotatable bonds is 1. The van der Waals surface area contributed by atoms with Gasteiger partial charge in [-0.3, -0.25) is 0 Å². The lowest BCUT2D eigenvalue weighted by atomic mass is 9.84. The number of allylic oxidation sites excluding steroid dienone is 3. The number of ether oxygens (including phenoxy) is 1. The summed E-state index contributed by atoms with van der Waals surface area (Å²) in [7, 11) is 0. The Kier molecular flexibility index (Phi) is 3.82. The molecule has 2 atom stereocenters. The number of hydrogen-bond donors (Lipinski definition) is 1. The van der Waals surface area contributed by atoms with E-state index in [9.17, 15) is 5.11 Å². The van der Waals surface area contributed by atoms with Crippen LogP contribution in [0.5, 0.6) is 0 Å². The van der Waals surface area contributed by atoms with Crippen LogP contribution in [0.4, 0.5) is 0 Å². The first-order valence-corrected chi connectivity index (χ1v) is 5.96. The molecule has 2 nitrogen and oxygen atoms in total. The van der Waals surface area contributed by atoms with Gasteiger partial charge in [-0.15, -0.1) is 0 Å². The quantitative estimate of drug-likeness (QED) is 0.683. The van der Waals surface area contributed by atoms with Crippen LogP contribution in [0, 0.1) is 17.8 Å². The second-order valence-electron chi connectivity index (χ2n) is 4.37. The maximum atomic E-state index is 9.38. The van der Waals surface area contributed by atoms with E-state index in [1.807, 2.05) is 6.92 Å². The van der Waals surface area contributed by atoms with Crippen molar-refractivity contribution >= 4 is 0 Å². The Bertz CT molecular complexity index is 368. The standard InChI is InChI=1S/C14H18O2/c1-2-14(15)6-4-11-3-5-13-10-16-8-7-12(13)9-11/h3,5,12,14-15H,2,7-10H2,1H3. The third-order valence-electron chi connectivity index (χ3n) is 3.15. The average Bonchev–Trinajstić information content (AvgIpc) is 2.35. The molecular weight excluding hydrogens is 200 g/mol. The zero-order valence-electron chi connectivity index (χ0n) is 9.70. The predicted molar refractivity (Wildman–Crippen MR) is 63.8 cm³/mol. The lowest BCUT2D eigenvalue weighted by Crippen LogP contribution is -2.21. The van der Waals surface area contributed by atoms with Gasteiger partial charge in [0.05, 0.1) is 6.61 Å². The molecular formula is C14H18O2. The molecule has 1 fully saturated rings. The second kappa shape index (κ2) is 5.34. The molecule has 0 aromatic rings. The lowest BCUT2D eigenvalue weighted by molar-refractivity contribution is 0.107. The van der Waals surface area contributed by atoms with E-state index in [0.29, 0.717) is 12.3 Å². The largest absolute Gasteiger partial charge is 0.380 e. The minimum Gasteiger partial charge on any atom is -0.380 e. The van der Waals surface area contributed by atoms with Crippen molar-refractivity contribution in [2.45, 2.75) is 32.3 Å². The summed E-state index contributed by atoms with van der Waals surface area (Å²) in [4.78, 5) is 0. The molecule has 2 heteroatoms. The maximum absolute atomic E-state index is 9.38. The molecule has 0 aromatic carbocycles. The van der Waals surface area contributed by atoms with Gasteiger partial charge >= 0.3 is 0 Å². The molecule has 1 heterocycles. The molecule has 0 saturated carbocycles. The van der Waals surface area contributed by atoms with E-state index in [4.69, 9.17) is 4.74 Å². The zero-order valence-corrected chi connectivity index (χ0v) is 9.70. The molecule has 86 valence electrons.